The van der Waals surface area contributed by atoms with E-state index in [4.69, 9.17) is 0 Å². The summed E-state index contributed by atoms with van der Waals surface area (Å²) in [6, 6.07) is 8.70. The van der Waals surface area contributed by atoms with Crippen LogP contribution in [0.5, 0.6) is 0 Å². The van der Waals surface area contributed by atoms with Crippen molar-refractivity contribution in [1.29, 1.82) is 0 Å². The van der Waals surface area contributed by atoms with Gasteiger partial charge in [0.1, 0.15) is 11.4 Å². The third kappa shape index (κ3) is 3.17. The van der Waals surface area contributed by atoms with Crippen molar-refractivity contribution in [2.75, 3.05) is 0 Å². The van der Waals surface area contributed by atoms with Gasteiger partial charge in [0.15, 0.2) is 0 Å². The lowest BCUT2D eigenvalue weighted by Gasteiger charge is -2.07. The molecule has 4 nitrogen and oxygen atoms in total. The van der Waals surface area contributed by atoms with Gasteiger partial charge in [0.25, 0.3) is 0 Å². The van der Waals surface area contributed by atoms with Gasteiger partial charge in [-0.25, -0.2) is 4.63 Å². The van der Waals surface area contributed by atoms with Crippen molar-refractivity contribution in [2.45, 2.75) is 39.8 Å². The lowest BCUT2D eigenvalue weighted by molar-refractivity contribution is 0.300. The smallest absolute Gasteiger partial charge is 0.121 e. The van der Waals surface area contributed by atoms with Crippen molar-refractivity contribution in [3.63, 3.8) is 0 Å². The SMILES string of the molecule is Cc1nonc1CNCc1ccc(C(C)C)cc1. The van der Waals surface area contributed by atoms with Gasteiger partial charge in [-0.1, -0.05) is 48.4 Å². The van der Waals surface area contributed by atoms with E-state index in [0.29, 0.717) is 12.5 Å². The second-order valence-electron chi connectivity index (χ2n) is 4.80. The molecule has 0 aliphatic heterocycles. The summed E-state index contributed by atoms with van der Waals surface area (Å²) in [6.45, 7) is 7.80. The second-order valence-corrected chi connectivity index (χ2v) is 4.80. The minimum Gasteiger partial charge on any atom is -0.307 e. The molecular weight excluding hydrogens is 226 g/mol. The van der Waals surface area contributed by atoms with Gasteiger partial charge in [0, 0.05) is 13.1 Å². The van der Waals surface area contributed by atoms with Crippen molar-refractivity contribution < 1.29 is 4.63 Å². The number of benzene rings is 1. The van der Waals surface area contributed by atoms with Crippen LogP contribution in [-0.4, -0.2) is 10.3 Å². The largest absolute Gasteiger partial charge is 0.307 e. The molecule has 0 aliphatic rings. The normalized spacial score (nSPS) is 11.1. The first-order valence-corrected chi connectivity index (χ1v) is 6.24. The summed E-state index contributed by atoms with van der Waals surface area (Å²) in [5.74, 6) is 0.580. The van der Waals surface area contributed by atoms with Gasteiger partial charge in [-0.3, -0.25) is 0 Å². The van der Waals surface area contributed by atoms with E-state index < -0.39 is 0 Å². The number of nitrogens with zero attached hydrogens (tertiary/aromatic N) is 2. The zero-order valence-electron chi connectivity index (χ0n) is 11.1. The Bertz CT molecular complexity index is 488. The lowest BCUT2D eigenvalue weighted by Crippen LogP contribution is -2.13. The molecule has 0 radical (unpaired) electrons. The average Bonchev–Trinajstić information content (AvgIpc) is 2.76. The van der Waals surface area contributed by atoms with E-state index in [0.717, 1.165) is 17.9 Å². The van der Waals surface area contributed by atoms with Gasteiger partial charge in [-0.2, -0.15) is 0 Å². The van der Waals surface area contributed by atoms with Crippen molar-refractivity contribution in [1.82, 2.24) is 15.6 Å². The number of hydrogen-bond acceptors (Lipinski definition) is 4. The fraction of sp³-hybridized carbons (Fsp3) is 0.429. The molecule has 0 amide bonds. The molecule has 1 aromatic heterocycles. The van der Waals surface area contributed by atoms with Gasteiger partial charge in [0.2, 0.25) is 0 Å². The van der Waals surface area contributed by atoms with Crippen LogP contribution in [0.2, 0.25) is 0 Å². The van der Waals surface area contributed by atoms with Crippen LogP contribution in [0.15, 0.2) is 28.9 Å². The van der Waals surface area contributed by atoms with Crippen molar-refractivity contribution >= 4 is 0 Å². The molecule has 0 bridgehead atoms. The molecule has 0 fully saturated rings. The summed E-state index contributed by atoms with van der Waals surface area (Å²) in [5, 5.41) is 10.9. The first-order valence-electron chi connectivity index (χ1n) is 6.24. The third-order valence-corrected chi connectivity index (χ3v) is 3.01. The Hall–Kier alpha value is -1.68. The molecule has 4 heteroatoms. The molecule has 0 saturated heterocycles. The van der Waals surface area contributed by atoms with Crippen LogP contribution >= 0.6 is 0 Å². The number of rotatable bonds is 5. The quantitative estimate of drug-likeness (QED) is 0.880. The Balaban J connectivity index is 1.85. The monoisotopic (exact) mass is 245 g/mol. The Labute approximate surface area is 107 Å². The van der Waals surface area contributed by atoms with Crippen LogP contribution in [0.3, 0.4) is 0 Å². The molecule has 1 heterocycles. The van der Waals surface area contributed by atoms with E-state index >= 15 is 0 Å². The van der Waals surface area contributed by atoms with E-state index in [-0.39, 0.29) is 0 Å². The maximum Gasteiger partial charge on any atom is 0.121 e. The van der Waals surface area contributed by atoms with Gasteiger partial charge < -0.3 is 5.32 Å². The number of nitrogens with one attached hydrogen (secondary N) is 1. The second kappa shape index (κ2) is 5.78. The summed E-state index contributed by atoms with van der Waals surface area (Å²) in [7, 11) is 0. The van der Waals surface area contributed by atoms with Gasteiger partial charge in [0.05, 0.1) is 0 Å². The highest BCUT2D eigenvalue weighted by Crippen LogP contribution is 2.14. The lowest BCUT2D eigenvalue weighted by atomic mass is 10.0. The van der Waals surface area contributed by atoms with Crippen LogP contribution in [0, 0.1) is 6.92 Å². The summed E-state index contributed by atoms with van der Waals surface area (Å²) < 4.78 is 4.65. The summed E-state index contributed by atoms with van der Waals surface area (Å²) in [4.78, 5) is 0. The highest BCUT2D eigenvalue weighted by Gasteiger charge is 2.04. The number of hydrogen-bond donors (Lipinski definition) is 1. The Morgan fingerprint density at radius 2 is 1.83 bits per heavy atom. The standard InChI is InChI=1S/C14H19N3O/c1-10(2)13-6-4-12(5-7-13)8-15-9-14-11(3)16-18-17-14/h4-7,10,15H,8-9H2,1-3H3. The molecule has 0 saturated carbocycles. The molecule has 2 aromatic rings. The molecule has 0 atom stereocenters. The number of aromatic nitrogens is 2. The predicted octanol–water partition coefficient (Wildman–Crippen LogP) is 2.79. The van der Waals surface area contributed by atoms with Gasteiger partial charge in [-0.05, 0) is 24.0 Å². The molecular formula is C14H19N3O. The van der Waals surface area contributed by atoms with E-state index in [1.54, 1.807) is 0 Å². The molecule has 0 aliphatic carbocycles. The summed E-state index contributed by atoms with van der Waals surface area (Å²) >= 11 is 0. The van der Waals surface area contributed by atoms with E-state index in [9.17, 15) is 0 Å². The first-order chi connectivity index (χ1) is 8.66. The van der Waals surface area contributed by atoms with Crippen LogP contribution in [-0.2, 0) is 13.1 Å². The predicted molar refractivity (Wildman–Crippen MR) is 70.1 cm³/mol. The fourth-order valence-electron chi connectivity index (χ4n) is 1.76. The van der Waals surface area contributed by atoms with Crippen molar-refractivity contribution in [2.24, 2.45) is 0 Å². The molecule has 96 valence electrons. The molecule has 1 aromatic carbocycles. The van der Waals surface area contributed by atoms with Crippen molar-refractivity contribution in [3.8, 4) is 0 Å². The highest BCUT2D eigenvalue weighted by molar-refractivity contribution is 5.24. The van der Waals surface area contributed by atoms with Crippen LogP contribution in [0.4, 0.5) is 0 Å². The first kappa shape index (κ1) is 12.8. The van der Waals surface area contributed by atoms with E-state index in [2.05, 4.69) is 58.4 Å². The number of aryl methyl sites for hydroxylation is 1. The Morgan fingerprint density at radius 3 is 2.39 bits per heavy atom. The molecule has 1 N–H and O–H groups in total. The van der Waals surface area contributed by atoms with Gasteiger partial charge >= 0.3 is 0 Å². The van der Waals surface area contributed by atoms with Crippen LogP contribution < -0.4 is 5.32 Å². The maximum atomic E-state index is 4.65. The topological polar surface area (TPSA) is 51.0 Å². The minimum absolute atomic E-state index is 0.580. The average molecular weight is 245 g/mol. The third-order valence-electron chi connectivity index (χ3n) is 3.01. The fourth-order valence-corrected chi connectivity index (χ4v) is 1.76. The van der Waals surface area contributed by atoms with E-state index in [1.165, 1.54) is 11.1 Å². The maximum absolute atomic E-state index is 4.65. The highest BCUT2D eigenvalue weighted by atomic mass is 16.6. The molecule has 0 unspecified atom stereocenters. The van der Waals surface area contributed by atoms with Gasteiger partial charge in [-0.15, -0.1) is 0 Å². The molecule has 0 spiro atoms. The van der Waals surface area contributed by atoms with Crippen LogP contribution in [0.25, 0.3) is 0 Å². The Kier molecular flexibility index (Phi) is 4.10. The van der Waals surface area contributed by atoms with Crippen molar-refractivity contribution in [3.05, 3.63) is 46.8 Å². The Morgan fingerprint density at radius 1 is 1.11 bits per heavy atom. The van der Waals surface area contributed by atoms with Crippen LogP contribution in [0.1, 0.15) is 42.3 Å². The summed E-state index contributed by atoms with van der Waals surface area (Å²) in [5.41, 5.74) is 4.36. The zero-order valence-corrected chi connectivity index (χ0v) is 11.1. The molecule has 18 heavy (non-hydrogen) atoms. The molecule has 2 rings (SSSR count). The summed E-state index contributed by atoms with van der Waals surface area (Å²) in [6.07, 6.45) is 0. The zero-order chi connectivity index (χ0) is 13.0. The van der Waals surface area contributed by atoms with E-state index in [1.807, 2.05) is 6.92 Å². The minimum atomic E-state index is 0.580.